The summed E-state index contributed by atoms with van der Waals surface area (Å²) in [7, 11) is 0. The molecule has 16 heavy (non-hydrogen) atoms. The maximum atomic E-state index is 4.55. The number of hydrogen-bond donors (Lipinski definition) is 1. The van der Waals surface area contributed by atoms with Gasteiger partial charge in [-0.2, -0.15) is 0 Å². The maximum absolute atomic E-state index is 4.55. The molecule has 0 atom stereocenters. The van der Waals surface area contributed by atoms with Gasteiger partial charge in [0.2, 0.25) is 0 Å². The summed E-state index contributed by atoms with van der Waals surface area (Å²) < 4.78 is 0. The minimum Gasteiger partial charge on any atom is -0.360 e. The second-order valence-corrected chi connectivity index (χ2v) is 4.91. The van der Waals surface area contributed by atoms with E-state index < -0.39 is 0 Å². The highest BCUT2D eigenvalue weighted by atomic mass is 15.2. The first-order valence-corrected chi connectivity index (χ1v) is 6.96. The second-order valence-electron chi connectivity index (χ2n) is 4.91. The second kappa shape index (κ2) is 6.89. The predicted molar refractivity (Wildman–Crippen MR) is 69.1 cm³/mol. The molecule has 0 aromatic carbocycles. The molecule has 2 fully saturated rings. The quantitative estimate of drug-likeness (QED) is 0.680. The number of nitrogens with one attached hydrogen (secondary N) is 1. The van der Waals surface area contributed by atoms with Gasteiger partial charge in [0.15, 0.2) is 0 Å². The van der Waals surface area contributed by atoms with Gasteiger partial charge in [-0.3, -0.25) is 4.99 Å². The van der Waals surface area contributed by atoms with Crippen LogP contribution >= 0.6 is 0 Å². The molecule has 0 unspecified atom stereocenters. The van der Waals surface area contributed by atoms with Crippen LogP contribution in [-0.4, -0.2) is 43.5 Å². The predicted octanol–water partition coefficient (Wildman–Crippen LogP) is 2.03. The lowest BCUT2D eigenvalue weighted by molar-refractivity contribution is 0.391. The molecule has 3 heteroatoms. The van der Waals surface area contributed by atoms with E-state index >= 15 is 0 Å². The Kier molecular flexibility index (Phi) is 5.13. The lowest BCUT2D eigenvalue weighted by atomic mass is 10.2. The van der Waals surface area contributed by atoms with Crippen molar-refractivity contribution < 1.29 is 0 Å². The van der Waals surface area contributed by atoms with Gasteiger partial charge in [-0.05, 0) is 45.2 Å². The van der Waals surface area contributed by atoms with Gasteiger partial charge < -0.3 is 10.2 Å². The van der Waals surface area contributed by atoms with Gasteiger partial charge in [-0.15, -0.1) is 0 Å². The number of hydrogen-bond acceptors (Lipinski definition) is 3. The van der Waals surface area contributed by atoms with Gasteiger partial charge in [0, 0.05) is 26.1 Å². The topological polar surface area (TPSA) is 27.6 Å². The molecular formula is C13H25N3. The number of fused-ring (bicyclic) bond motifs is 1. The number of amidine groups is 1. The Hall–Kier alpha value is -0.570. The number of nitrogens with zero attached hydrogens (tertiary/aromatic N) is 2. The van der Waals surface area contributed by atoms with E-state index in [0.717, 1.165) is 6.54 Å². The number of aliphatic imine (C=N–C) groups is 1. The normalized spacial score (nSPS) is 25.0. The van der Waals surface area contributed by atoms with E-state index in [4.69, 9.17) is 0 Å². The summed E-state index contributed by atoms with van der Waals surface area (Å²) in [5.41, 5.74) is 0. The van der Waals surface area contributed by atoms with E-state index in [1.165, 1.54) is 77.0 Å². The van der Waals surface area contributed by atoms with Gasteiger partial charge in [0.1, 0.15) is 0 Å². The SMILES string of the molecule is C1CCC2=NCCCN2CC1.C1CCNC1. The van der Waals surface area contributed by atoms with Crippen molar-refractivity contribution in [3.63, 3.8) is 0 Å². The molecule has 2 saturated heterocycles. The van der Waals surface area contributed by atoms with Crippen LogP contribution in [0.2, 0.25) is 0 Å². The third kappa shape index (κ3) is 3.78. The highest BCUT2D eigenvalue weighted by molar-refractivity contribution is 5.83. The van der Waals surface area contributed by atoms with Gasteiger partial charge >= 0.3 is 0 Å². The zero-order valence-electron chi connectivity index (χ0n) is 10.4. The third-order valence-corrected chi connectivity index (χ3v) is 3.53. The summed E-state index contributed by atoms with van der Waals surface area (Å²) >= 11 is 0. The van der Waals surface area contributed by atoms with E-state index in [2.05, 4.69) is 15.2 Å². The van der Waals surface area contributed by atoms with Crippen molar-refractivity contribution >= 4 is 5.84 Å². The lowest BCUT2D eigenvalue weighted by Gasteiger charge is -2.27. The van der Waals surface area contributed by atoms with Crippen LogP contribution in [0.5, 0.6) is 0 Å². The molecule has 3 heterocycles. The van der Waals surface area contributed by atoms with Crippen LogP contribution < -0.4 is 5.32 Å². The number of rotatable bonds is 0. The Bertz CT molecular complexity index is 214. The minimum atomic E-state index is 1.08. The highest BCUT2D eigenvalue weighted by Gasteiger charge is 2.16. The summed E-state index contributed by atoms with van der Waals surface area (Å²) in [5, 5.41) is 3.22. The summed E-state index contributed by atoms with van der Waals surface area (Å²) in [5.74, 6) is 1.40. The van der Waals surface area contributed by atoms with Gasteiger partial charge in [0.05, 0.1) is 5.84 Å². The Labute approximate surface area is 99.3 Å². The first kappa shape index (κ1) is 11.9. The van der Waals surface area contributed by atoms with E-state index in [0.29, 0.717) is 0 Å². The van der Waals surface area contributed by atoms with E-state index in [1.807, 2.05) is 0 Å². The van der Waals surface area contributed by atoms with Crippen molar-refractivity contribution in [2.24, 2.45) is 4.99 Å². The molecule has 1 N–H and O–H groups in total. The van der Waals surface area contributed by atoms with E-state index in [9.17, 15) is 0 Å². The molecule has 0 radical (unpaired) electrons. The van der Waals surface area contributed by atoms with Crippen LogP contribution in [0.4, 0.5) is 0 Å². The fourth-order valence-electron chi connectivity index (χ4n) is 2.56. The molecule has 0 bridgehead atoms. The summed E-state index contributed by atoms with van der Waals surface area (Å²) in [6.07, 6.45) is 9.41. The molecule has 0 aliphatic carbocycles. The molecule has 0 saturated carbocycles. The van der Waals surface area contributed by atoms with E-state index in [-0.39, 0.29) is 0 Å². The standard InChI is InChI=1S/C9H16N2.C4H9N/c1-2-5-9-10-6-4-8-11(9)7-3-1;1-2-4-5-3-1/h1-8H2;5H,1-4H2. The largest absolute Gasteiger partial charge is 0.360 e. The lowest BCUT2D eigenvalue weighted by Crippen LogP contribution is -2.34. The van der Waals surface area contributed by atoms with Gasteiger partial charge in [-0.25, -0.2) is 0 Å². The average Bonchev–Trinajstić information content (AvgIpc) is 2.81. The van der Waals surface area contributed by atoms with Crippen molar-refractivity contribution in [3.8, 4) is 0 Å². The molecule has 3 aliphatic rings. The van der Waals surface area contributed by atoms with Gasteiger partial charge in [0.25, 0.3) is 0 Å². The molecule has 92 valence electrons. The maximum Gasteiger partial charge on any atom is 0.0988 e. The molecule has 0 aromatic heterocycles. The van der Waals surface area contributed by atoms with Crippen molar-refractivity contribution in [2.75, 3.05) is 32.7 Å². The zero-order chi connectivity index (χ0) is 11.1. The Morgan fingerprint density at radius 2 is 1.69 bits per heavy atom. The third-order valence-electron chi connectivity index (χ3n) is 3.53. The van der Waals surface area contributed by atoms with Gasteiger partial charge in [-0.1, -0.05) is 6.42 Å². The van der Waals surface area contributed by atoms with Crippen LogP contribution in [0.3, 0.4) is 0 Å². The first-order valence-electron chi connectivity index (χ1n) is 6.96. The Morgan fingerprint density at radius 3 is 2.44 bits per heavy atom. The Morgan fingerprint density at radius 1 is 0.875 bits per heavy atom. The van der Waals surface area contributed by atoms with Crippen LogP contribution in [-0.2, 0) is 0 Å². The minimum absolute atomic E-state index is 1.08. The molecule has 3 nitrogen and oxygen atoms in total. The molecule has 3 aliphatic heterocycles. The smallest absolute Gasteiger partial charge is 0.0988 e. The van der Waals surface area contributed by atoms with E-state index in [1.54, 1.807) is 0 Å². The van der Waals surface area contributed by atoms with Crippen molar-refractivity contribution in [1.82, 2.24) is 10.2 Å². The highest BCUT2D eigenvalue weighted by Crippen LogP contribution is 2.15. The Balaban J connectivity index is 0.000000162. The van der Waals surface area contributed by atoms with Crippen LogP contribution in [0.1, 0.15) is 44.9 Å². The molecule has 0 spiro atoms. The summed E-state index contributed by atoms with van der Waals surface area (Å²) in [6, 6.07) is 0. The van der Waals surface area contributed by atoms with Crippen LogP contribution in [0.15, 0.2) is 4.99 Å². The van der Waals surface area contributed by atoms with Crippen LogP contribution in [0, 0.1) is 0 Å². The van der Waals surface area contributed by atoms with Crippen molar-refractivity contribution in [3.05, 3.63) is 0 Å². The van der Waals surface area contributed by atoms with Crippen LogP contribution in [0.25, 0.3) is 0 Å². The van der Waals surface area contributed by atoms with Crippen molar-refractivity contribution in [2.45, 2.75) is 44.9 Å². The fourth-order valence-corrected chi connectivity index (χ4v) is 2.56. The molecular weight excluding hydrogens is 198 g/mol. The molecule has 3 rings (SSSR count). The fraction of sp³-hybridized carbons (Fsp3) is 0.923. The monoisotopic (exact) mass is 223 g/mol. The molecule has 0 aromatic rings. The first-order chi connectivity index (χ1) is 7.97. The van der Waals surface area contributed by atoms with Crippen molar-refractivity contribution in [1.29, 1.82) is 0 Å². The zero-order valence-corrected chi connectivity index (χ0v) is 10.4. The summed E-state index contributed by atoms with van der Waals surface area (Å²) in [6.45, 7) is 6.10. The summed E-state index contributed by atoms with van der Waals surface area (Å²) in [4.78, 5) is 7.04. The average molecular weight is 223 g/mol. The molecule has 0 amide bonds.